The molecule has 0 spiro atoms. The van der Waals surface area contributed by atoms with Gasteiger partial charge in [-0.15, -0.1) is 11.8 Å². The third-order valence-electron chi connectivity index (χ3n) is 1.67. The Hall–Kier alpha value is -1.03. The number of carboxylic acids is 1. The predicted molar refractivity (Wildman–Crippen MR) is 56.5 cm³/mol. The standard InChI is InChI=1S/C10H13NO2S/c1-7-3-4-11-9(5-7)14-8(2)6-10(12)13/h3-5,8H,6H2,1-2H3,(H,12,13). The van der Waals surface area contributed by atoms with E-state index in [9.17, 15) is 4.79 Å². The number of rotatable bonds is 4. The molecule has 0 radical (unpaired) electrons. The molecule has 0 aromatic carbocycles. The van der Waals surface area contributed by atoms with Gasteiger partial charge in [-0.1, -0.05) is 6.92 Å². The van der Waals surface area contributed by atoms with Crippen molar-refractivity contribution in [3.63, 3.8) is 0 Å². The van der Waals surface area contributed by atoms with Crippen molar-refractivity contribution < 1.29 is 9.90 Å². The monoisotopic (exact) mass is 211 g/mol. The fourth-order valence-electron chi connectivity index (χ4n) is 1.07. The molecule has 1 heterocycles. The maximum Gasteiger partial charge on any atom is 0.304 e. The smallest absolute Gasteiger partial charge is 0.304 e. The lowest BCUT2D eigenvalue weighted by Crippen LogP contribution is -2.05. The summed E-state index contributed by atoms with van der Waals surface area (Å²) < 4.78 is 0. The van der Waals surface area contributed by atoms with E-state index in [1.165, 1.54) is 11.8 Å². The molecule has 1 rings (SSSR count). The highest BCUT2D eigenvalue weighted by Gasteiger charge is 2.09. The van der Waals surface area contributed by atoms with Crippen molar-refractivity contribution in [3.8, 4) is 0 Å². The van der Waals surface area contributed by atoms with Crippen molar-refractivity contribution in [1.29, 1.82) is 0 Å². The van der Waals surface area contributed by atoms with Crippen LogP contribution in [0.25, 0.3) is 0 Å². The Morgan fingerprint density at radius 3 is 3.00 bits per heavy atom. The summed E-state index contributed by atoms with van der Waals surface area (Å²) in [6.45, 7) is 3.89. The number of carboxylic acid groups (broad SMARTS) is 1. The van der Waals surface area contributed by atoms with E-state index in [4.69, 9.17) is 5.11 Å². The van der Waals surface area contributed by atoms with Crippen molar-refractivity contribution in [3.05, 3.63) is 23.9 Å². The zero-order valence-electron chi connectivity index (χ0n) is 8.23. The van der Waals surface area contributed by atoms with Crippen molar-refractivity contribution in [1.82, 2.24) is 4.98 Å². The molecule has 0 saturated carbocycles. The summed E-state index contributed by atoms with van der Waals surface area (Å²) in [6.07, 6.45) is 1.91. The highest BCUT2D eigenvalue weighted by atomic mass is 32.2. The minimum atomic E-state index is -0.766. The summed E-state index contributed by atoms with van der Waals surface area (Å²) in [6, 6.07) is 3.88. The van der Waals surface area contributed by atoms with Crippen LogP contribution in [0.1, 0.15) is 18.9 Å². The Balaban J connectivity index is 2.55. The van der Waals surface area contributed by atoms with Crippen LogP contribution in [0.15, 0.2) is 23.4 Å². The van der Waals surface area contributed by atoms with Gasteiger partial charge in [-0.2, -0.15) is 0 Å². The molecule has 0 aliphatic rings. The normalized spacial score (nSPS) is 12.4. The number of hydrogen-bond donors (Lipinski definition) is 1. The van der Waals surface area contributed by atoms with Crippen LogP contribution in [-0.4, -0.2) is 21.3 Å². The molecule has 0 saturated heterocycles. The molecular formula is C10H13NO2S. The molecule has 3 nitrogen and oxygen atoms in total. The lowest BCUT2D eigenvalue weighted by Gasteiger charge is -2.07. The molecule has 1 N–H and O–H groups in total. The number of aromatic nitrogens is 1. The average molecular weight is 211 g/mol. The number of aliphatic carboxylic acids is 1. The van der Waals surface area contributed by atoms with Crippen LogP contribution in [0, 0.1) is 6.92 Å². The molecule has 0 amide bonds. The van der Waals surface area contributed by atoms with Gasteiger partial charge in [0.1, 0.15) is 0 Å². The Kier molecular flexibility index (Phi) is 3.95. The van der Waals surface area contributed by atoms with Crippen LogP contribution in [0.2, 0.25) is 0 Å². The molecule has 0 aliphatic carbocycles. The van der Waals surface area contributed by atoms with Gasteiger partial charge in [-0.3, -0.25) is 4.79 Å². The largest absolute Gasteiger partial charge is 0.481 e. The van der Waals surface area contributed by atoms with Crippen LogP contribution in [-0.2, 0) is 4.79 Å². The molecule has 1 aromatic heterocycles. The lowest BCUT2D eigenvalue weighted by atomic mass is 10.3. The minimum Gasteiger partial charge on any atom is -0.481 e. The topological polar surface area (TPSA) is 50.2 Å². The van der Waals surface area contributed by atoms with E-state index >= 15 is 0 Å². The molecule has 76 valence electrons. The number of pyridine rings is 1. The summed E-state index contributed by atoms with van der Waals surface area (Å²) in [5.41, 5.74) is 1.14. The third-order valence-corrected chi connectivity index (χ3v) is 2.71. The molecule has 14 heavy (non-hydrogen) atoms. The molecule has 0 bridgehead atoms. The highest BCUT2D eigenvalue weighted by Crippen LogP contribution is 2.23. The van der Waals surface area contributed by atoms with E-state index in [0.717, 1.165) is 10.6 Å². The van der Waals surface area contributed by atoms with E-state index in [1.807, 2.05) is 26.0 Å². The van der Waals surface area contributed by atoms with Crippen LogP contribution in [0.5, 0.6) is 0 Å². The number of carbonyl (C=O) groups is 1. The van der Waals surface area contributed by atoms with Gasteiger partial charge in [0.05, 0.1) is 11.4 Å². The number of hydrogen-bond acceptors (Lipinski definition) is 3. The predicted octanol–water partition coefficient (Wildman–Crippen LogP) is 2.35. The molecule has 4 heteroatoms. The summed E-state index contributed by atoms with van der Waals surface area (Å²) in [7, 11) is 0. The van der Waals surface area contributed by atoms with Crippen LogP contribution < -0.4 is 0 Å². The Bertz CT molecular complexity index is 328. The van der Waals surface area contributed by atoms with Gasteiger partial charge in [0.15, 0.2) is 0 Å². The zero-order valence-corrected chi connectivity index (χ0v) is 9.04. The van der Waals surface area contributed by atoms with Crippen LogP contribution in [0.3, 0.4) is 0 Å². The van der Waals surface area contributed by atoms with Gasteiger partial charge < -0.3 is 5.11 Å². The summed E-state index contributed by atoms with van der Waals surface area (Å²) in [5.74, 6) is -0.766. The molecule has 1 unspecified atom stereocenters. The van der Waals surface area contributed by atoms with Gasteiger partial charge in [0.25, 0.3) is 0 Å². The van der Waals surface area contributed by atoms with Crippen molar-refractivity contribution >= 4 is 17.7 Å². The fraction of sp³-hybridized carbons (Fsp3) is 0.400. The quantitative estimate of drug-likeness (QED) is 0.777. The molecule has 1 aromatic rings. The third kappa shape index (κ3) is 3.79. The van der Waals surface area contributed by atoms with Gasteiger partial charge in [-0.25, -0.2) is 4.98 Å². The van der Waals surface area contributed by atoms with Gasteiger partial charge in [0.2, 0.25) is 0 Å². The highest BCUT2D eigenvalue weighted by molar-refractivity contribution is 7.99. The van der Waals surface area contributed by atoms with E-state index < -0.39 is 5.97 Å². The molecule has 0 aliphatic heterocycles. The van der Waals surface area contributed by atoms with Gasteiger partial charge in [0, 0.05) is 11.4 Å². The molecule has 0 fully saturated rings. The van der Waals surface area contributed by atoms with E-state index in [2.05, 4.69) is 4.98 Å². The maximum atomic E-state index is 10.4. The van der Waals surface area contributed by atoms with Gasteiger partial charge >= 0.3 is 5.97 Å². The summed E-state index contributed by atoms with van der Waals surface area (Å²) in [4.78, 5) is 14.6. The Morgan fingerprint density at radius 2 is 2.43 bits per heavy atom. The number of aryl methyl sites for hydroxylation is 1. The number of thioether (sulfide) groups is 1. The zero-order chi connectivity index (χ0) is 10.6. The van der Waals surface area contributed by atoms with Crippen LogP contribution in [0.4, 0.5) is 0 Å². The summed E-state index contributed by atoms with van der Waals surface area (Å²) in [5, 5.41) is 9.53. The average Bonchev–Trinajstić information content (AvgIpc) is 2.01. The van der Waals surface area contributed by atoms with Gasteiger partial charge in [-0.05, 0) is 24.6 Å². The molecule has 1 atom stereocenters. The second kappa shape index (κ2) is 5.00. The minimum absolute atomic E-state index is 0.0572. The van der Waals surface area contributed by atoms with E-state index in [1.54, 1.807) is 6.20 Å². The van der Waals surface area contributed by atoms with Crippen molar-refractivity contribution in [2.75, 3.05) is 0 Å². The van der Waals surface area contributed by atoms with E-state index in [0.29, 0.717) is 0 Å². The number of nitrogens with zero attached hydrogens (tertiary/aromatic N) is 1. The second-order valence-electron chi connectivity index (χ2n) is 3.20. The SMILES string of the molecule is Cc1ccnc(SC(C)CC(=O)O)c1. The lowest BCUT2D eigenvalue weighted by molar-refractivity contribution is -0.136. The Labute approximate surface area is 87.6 Å². The second-order valence-corrected chi connectivity index (χ2v) is 4.66. The van der Waals surface area contributed by atoms with E-state index in [-0.39, 0.29) is 11.7 Å². The fourth-order valence-corrected chi connectivity index (χ4v) is 2.08. The maximum absolute atomic E-state index is 10.4. The first-order chi connectivity index (χ1) is 6.58. The first-order valence-corrected chi connectivity index (χ1v) is 5.27. The molecular weight excluding hydrogens is 198 g/mol. The first-order valence-electron chi connectivity index (χ1n) is 4.39. The van der Waals surface area contributed by atoms with Crippen molar-refractivity contribution in [2.45, 2.75) is 30.5 Å². The first kappa shape index (κ1) is 11.0. The van der Waals surface area contributed by atoms with Crippen molar-refractivity contribution in [2.24, 2.45) is 0 Å². The Morgan fingerprint density at radius 1 is 1.71 bits per heavy atom. The van der Waals surface area contributed by atoms with Crippen LogP contribution >= 0.6 is 11.8 Å². The summed E-state index contributed by atoms with van der Waals surface area (Å²) >= 11 is 1.49.